The second-order valence-electron chi connectivity index (χ2n) is 6.08. The second-order valence-corrected chi connectivity index (χ2v) is 6.08. The Morgan fingerprint density at radius 1 is 1.46 bits per heavy atom. The highest BCUT2D eigenvalue weighted by Gasteiger charge is 2.23. The summed E-state index contributed by atoms with van der Waals surface area (Å²) in [5, 5.41) is 3.20. The van der Waals surface area contributed by atoms with Crippen LogP contribution in [-0.4, -0.2) is 43.4 Å². The summed E-state index contributed by atoms with van der Waals surface area (Å²) < 4.78 is 26.5. The number of nitrogens with one attached hydrogen (secondary N) is 1. The van der Waals surface area contributed by atoms with Crippen molar-refractivity contribution in [1.29, 1.82) is 0 Å². The second kappa shape index (κ2) is 8.61. The average molecular weight is 338 g/mol. The van der Waals surface area contributed by atoms with Crippen LogP contribution in [0.4, 0.5) is 8.78 Å². The van der Waals surface area contributed by atoms with E-state index in [9.17, 15) is 13.6 Å². The zero-order valence-corrected chi connectivity index (χ0v) is 13.9. The normalized spacial score (nSPS) is 18.5. The van der Waals surface area contributed by atoms with Crippen LogP contribution in [0.1, 0.15) is 24.8 Å². The fraction of sp³-hybridized carbons (Fsp3) is 0.529. The molecule has 7 heteroatoms. The Morgan fingerprint density at radius 3 is 2.92 bits per heavy atom. The summed E-state index contributed by atoms with van der Waals surface area (Å²) in [5.74, 6) is -0.423. The van der Waals surface area contributed by atoms with Gasteiger partial charge in [0.1, 0.15) is 11.6 Å². The van der Waals surface area contributed by atoms with Crippen LogP contribution < -0.4 is 11.1 Å². The Labute approximate surface area is 140 Å². The number of rotatable bonds is 5. The molecule has 0 radical (unpaired) electrons. The van der Waals surface area contributed by atoms with Crippen LogP contribution in [0.2, 0.25) is 0 Å². The first kappa shape index (κ1) is 18.2. The van der Waals surface area contributed by atoms with Gasteiger partial charge < -0.3 is 16.0 Å². The number of hydrogen-bond donors (Lipinski definition) is 2. The maximum absolute atomic E-state index is 13.6. The molecule has 1 fully saturated rings. The smallest absolute Gasteiger partial charge is 0.217 e. The van der Waals surface area contributed by atoms with Gasteiger partial charge in [0.25, 0.3) is 0 Å². The number of amides is 1. The fourth-order valence-electron chi connectivity index (χ4n) is 3.07. The third kappa shape index (κ3) is 5.18. The lowest BCUT2D eigenvalue weighted by molar-refractivity contribution is -0.119. The number of hydrogen-bond acceptors (Lipinski definition) is 2. The number of benzene rings is 1. The molecule has 0 saturated carbocycles. The number of carbonyl (C=O) groups is 1. The van der Waals surface area contributed by atoms with Gasteiger partial charge in [-0.3, -0.25) is 9.79 Å². The molecule has 1 amide bonds. The van der Waals surface area contributed by atoms with Gasteiger partial charge in [-0.15, -0.1) is 0 Å². The number of guanidine groups is 1. The van der Waals surface area contributed by atoms with Gasteiger partial charge in [0.05, 0.1) is 0 Å². The molecule has 1 aliphatic heterocycles. The SMILES string of the molecule is CN=C(NCCc1ccc(F)cc1F)N1CCCC(CC(N)=O)C1. The molecule has 24 heavy (non-hydrogen) atoms. The topological polar surface area (TPSA) is 70.7 Å². The number of piperidine rings is 1. The third-order valence-electron chi connectivity index (χ3n) is 4.21. The van der Waals surface area contributed by atoms with Crippen LogP contribution in [0, 0.1) is 17.6 Å². The monoisotopic (exact) mass is 338 g/mol. The minimum absolute atomic E-state index is 0.240. The molecule has 0 aliphatic carbocycles. The predicted molar refractivity (Wildman–Crippen MR) is 89.5 cm³/mol. The first-order valence-corrected chi connectivity index (χ1v) is 8.17. The van der Waals surface area contributed by atoms with Crippen molar-refractivity contribution < 1.29 is 13.6 Å². The fourth-order valence-corrected chi connectivity index (χ4v) is 3.07. The van der Waals surface area contributed by atoms with Gasteiger partial charge >= 0.3 is 0 Å². The molecule has 1 saturated heterocycles. The molecule has 0 spiro atoms. The summed E-state index contributed by atoms with van der Waals surface area (Å²) >= 11 is 0. The van der Waals surface area contributed by atoms with Crippen molar-refractivity contribution in [2.24, 2.45) is 16.6 Å². The molecule has 2 rings (SSSR count). The zero-order chi connectivity index (χ0) is 17.5. The van der Waals surface area contributed by atoms with Gasteiger partial charge in [-0.05, 0) is 36.8 Å². The van der Waals surface area contributed by atoms with E-state index in [4.69, 9.17) is 5.73 Å². The number of nitrogens with zero attached hydrogens (tertiary/aromatic N) is 2. The van der Waals surface area contributed by atoms with Crippen LogP contribution in [0.5, 0.6) is 0 Å². The Hall–Kier alpha value is -2.18. The van der Waals surface area contributed by atoms with Gasteiger partial charge in [0, 0.05) is 39.2 Å². The van der Waals surface area contributed by atoms with Gasteiger partial charge in [-0.1, -0.05) is 6.07 Å². The Bertz CT molecular complexity index is 606. The molecule has 1 aromatic carbocycles. The molecule has 1 aromatic rings. The van der Waals surface area contributed by atoms with Crippen molar-refractivity contribution in [2.75, 3.05) is 26.7 Å². The molecular formula is C17H24F2N4O. The van der Waals surface area contributed by atoms with Crippen molar-refractivity contribution in [3.63, 3.8) is 0 Å². The van der Waals surface area contributed by atoms with Crippen molar-refractivity contribution in [3.8, 4) is 0 Å². The summed E-state index contributed by atoms with van der Waals surface area (Å²) in [6.07, 6.45) is 2.78. The van der Waals surface area contributed by atoms with Gasteiger partial charge in [-0.25, -0.2) is 8.78 Å². The summed E-state index contributed by atoms with van der Waals surface area (Å²) in [6, 6.07) is 3.61. The number of aliphatic imine (C=N–C) groups is 1. The van der Waals surface area contributed by atoms with Crippen LogP contribution in [0.15, 0.2) is 23.2 Å². The number of halogens is 2. The minimum Gasteiger partial charge on any atom is -0.370 e. The minimum atomic E-state index is -0.575. The van der Waals surface area contributed by atoms with E-state index >= 15 is 0 Å². The van der Waals surface area contributed by atoms with E-state index in [0.717, 1.165) is 38.0 Å². The highest BCUT2D eigenvalue weighted by Crippen LogP contribution is 2.19. The summed E-state index contributed by atoms with van der Waals surface area (Å²) in [6.45, 7) is 2.08. The van der Waals surface area contributed by atoms with E-state index in [1.165, 1.54) is 12.1 Å². The van der Waals surface area contributed by atoms with Crippen molar-refractivity contribution >= 4 is 11.9 Å². The van der Waals surface area contributed by atoms with Gasteiger partial charge in [0.15, 0.2) is 5.96 Å². The van der Waals surface area contributed by atoms with Crippen molar-refractivity contribution in [1.82, 2.24) is 10.2 Å². The predicted octanol–water partition coefficient (Wildman–Crippen LogP) is 1.67. The van der Waals surface area contributed by atoms with E-state index in [1.807, 2.05) is 0 Å². The summed E-state index contributed by atoms with van der Waals surface area (Å²) in [5.41, 5.74) is 5.74. The van der Waals surface area contributed by atoms with Crippen molar-refractivity contribution in [2.45, 2.75) is 25.7 Å². The van der Waals surface area contributed by atoms with E-state index in [0.29, 0.717) is 24.9 Å². The Kier molecular flexibility index (Phi) is 6.52. The van der Waals surface area contributed by atoms with Crippen molar-refractivity contribution in [3.05, 3.63) is 35.4 Å². The first-order valence-electron chi connectivity index (χ1n) is 8.17. The van der Waals surface area contributed by atoms with E-state index in [2.05, 4.69) is 15.2 Å². The van der Waals surface area contributed by atoms with Crippen LogP contribution in [-0.2, 0) is 11.2 Å². The van der Waals surface area contributed by atoms with Gasteiger partial charge in [-0.2, -0.15) is 0 Å². The molecule has 5 nitrogen and oxygen atoms in total. The Morgan fingerprint density at radius 2 is 2.25 bits per heavy atom. The molecule has 1 aliphatic rings. The largest absolute Gasteiger partial charge is 0.370 e. The molecule has 132 valence electrons. The lowest BCUT2D eigenvalue weighted by Gasteiger charge is -2.34. The average Bonchev–Trinajstić information content (AvgIpc) is 2.53. The van der Waals surface area contributed by atoms with E-state index in [-0.39, 0.29) is 11.8 Å². The summed E-state index contributed by atoms with van der Waals surface area (Å²) in [7, 11) is 1.69. The molecular weight excluding hydrogens is 314 g/mol. The van der Waals surface area contributed by atoms with E-state index < -0.39 is 11.6 Å². The number of carbonyl (C=O) groups excluding carboxylic acids is 1. The molecule has 0 aromatic heterocycles. The van der Waals surface area contributed by atoms with Crippen LogP contribution in [0.3, 0.4) is 0 Å². The number of nitrogens with two attached hydrogens (primary N) is 1. The maximum atomic E-state index is 13.6. The molecule has 1 heterocycles. The van der Waals surface area contributed by atoms with Crippen LogP contribution >= 0.6 is 0 Å². The van der Waals surface area contributed by atoms with E-state index in [1.54, 1.807) is 7.05 Å². The highest BCUT2D eigenvalue weighted by molar-refractivity contribution is 5.80. The lowest BCUT2D eigenvalue weighted by atomic mass is 9.95. The zero-order valence-electron chi connectivity index (χ0n) is 13.9. The summed E-state index contributed by atoms with van der Waals surface area (Å²) in [4.78, 5) is 17.4. The maximum Gasteiger partial charge on any atom is 0.217 e. The van der Waals surface area contributed by atoms with Crippen LogP contribution in [0.25, 0.3) is 0 Å². The molecule has 1 atom stereocenters. The molecule has 0 bridgehead atoms. The standard InChI is InChI=1S/C17H24F2N4O/c1-21-17(23-8-2-3-12(11-23)9-16(20)24)22-7-6-13-4-5-14(18)10-15(13)19/h4-5,10,12H,2-3,6-9,11H2,1H3,(H2,20,24)(H,21,22). The number of primary amides is 1. The molecule has 3 N–H and O–H groups in total. The quantitative estimate of drug-likeness (QED) is 0.634. The lowest BCUT2D eigenvalue weighted by Crippen LogP contribution is -2.47. The molecule has 1 unspecified atom stereocenters. The third-order valence-corrected chi connectivity index (χ3v) is 4.21. The highest BCUT2D eigenvalue weighted by atomic mass is 19.1. The Balaban J connectivity index is 1.86. The first-order chi connectivity index (χ1) is 11.5. The number of likely N-dealkylation sites (tertiary alicyclic amines) is 1. The van der Waals surface area contributed by atoms with Gasteiger partial charge in [0.2, 0.25) is 5.91 Å².